The molecule has 1 N–H and O–H groups in total. The maximum atomic E-state index is 6.10. The van der Waals surface area contributed by atoms with Crippen molar-refractivity contribution in [2.75, 3.05) is 6.54 Å². The van der Waals surface area contributed by atoms with Gasteiger partial charge in [-0.15, -0.1) is 0 Å². The third-order valence-corrected chi connectivity index (χ3v) is 5.57. The predicted octanol–water partition coefficient (Wildman–Crippen LogP) is 6.10. The number of benzene rings is 1. The van der Waals surface area contributed by atoms with E-state index in [4.69, 9.17) is 23.2 Å². The Morgan fingerprint density at radius 1 is 1.25 bits per heavy atom. The SMILES string of the molecule is CCCNC(Cc1ccc(Cl)c(Cl)c1)c1cscc1Br. The summed E-state index contributed by atoms with van der Waals surface area (Å²) in [7, 11) is 0. The van der Waals surface area contributed by atoms with Crippen LogP contribution in [0.2, 0.25) is 10.0 Å². The van der Waals surface area contributed by atoms with Gasteiger partial charge in [0.25, 0.3) is 0 Å². The third-order valence-electron chi connectivity index (χ3n) is 3.08. The summed E-state index contributed by atoms with van der Waals surface area (Å²) in [5.74, 6) is 0. The third kappa shape index (κ3) is 4.22. The second-order valence-electron chi connectivity index (χ2n) is 4.63. The maximum absolute atomic E-state index is 6.10. The Hall–Kier alpha value is -0.0600. The molecule has 1 unspecified atom stereocenters. The molecule has 0 fully saturated rings. The van der Waals surface area contributed by atoms with E-state index in [1.807, 2.05) is 18.2 Å². The van der Waals surface area contributed by atoms with Crippen molar-refractivity contribution in [3.8, 4) is 0 Å². The summed E-state index contributed by atoms with van der Waals surface area (Å²) in [5.41, 5.74) is 2.49. The molecule has 0 radical (unpaired) electrons. The second kappa shape index (κ2) is 7.81. The molecule has 0 saturated heterocycles. The second-order valence-corrected chi connectivity index (χ2v) is 7.05. The van der Waals surface area contributed by atoms with Crippen LogP contribution in [0.25, 0.3) is 0 Å². The molecule has 0 bridgehead atoms. The molecule has 108 valence electrons. The zero-order chi connectivity index (χ0) is 14.5. The van der Waals surface area contributed by atoms with E-state index >= 15 is 0 Å². The van der Waals surface area contributed by atoms with Gasteiger partial charge >= 0.3 is 0 Å². The van der Waals surface area contributed by atoms with Gasteiger partial charge in [-0.1, -0.05) is 36.2 Å². The lowest BCUT2D eigenvalue weighted by molar-refractivity contribution is 0.529. The predicted molar refractivity (Wildman–Crippen MR) is 93.2 cm³/mol. The Labute approximate surface area is 142 Å². The van der Waals surface area contributed by atoms with Gasteiger partial charge in [-0.2, -0.15) is 11.3 Å². The summed E-state index contributed by atoms with van der Waals surface area (Å²) in [6.45, 7) is 3.17. The first-order valence-electron chi connectivity index (χ1n) is 6.50. The highest BCUT2D eigenvalue weighted by molar-refractivity contribution is 9.10. The van der Waals surface area contributed by atoms with Crippen LogP contribution in [0.4, 0.5) is 0 Å². The van der Waals surface area contributed by atoms with Crippen LogP contribution in [0.1, 0.15) is 30.5 Å². The van der Waals surface area contributed by atoms with E-state index in [0.717, 1.165) is 23.9 Å². The minimum Gasteiger partial charge on any atom is -0.310 e. The lowest BCUT2D eigenvalue weighted by Crippen LogP contribution is -2.24. The molecule has 2 rings (SSSR count). The molecule has 0 aliphatic rings. The molecule has 1 aromatic heterocycles. The number of hydrogen-bond acceptors (Lipinski definition) is 2. The highest BCUT2D eigenvalue weighted by Gasteiger charge is 2.16. The van der Waals surface area contributed by atoms with E-state index in [-0.39, 0.29) is 6.04 Å². The molecule has 1 atom stereocenters. The van der Waals surface area contributed by atoms with E-state index in [1.165, 1.54) is 11.1 Å². The number of hydrogen-bond donors (Lipinski definition) is 1. The summed E-state index contributed by atoms with van der Waals surface area (Å²) in [4.78, 5) is 0. The largest absolute Gasteiger partial charge is 0.310 e. The van der Waals surface area contributed by atoms with Crippen LogP contribution < -0.4 is 5.32 Å². The molecule has 1 heterocycles. The van der Waals surface area contributed by atoms with Crippen molar-refractivity contribution in [1.82, 2.24) is 5.32 Å². The van der Waals surface area contributed by atoms with Gasteiger partial charge in [-0.3, -0.25) is 0 Å². The fourth-order valence-corrected chi connectivity index (χ4v) is 4.00. The fraction of sp³-hybridized carbons (Fsp3) is 0.333. The van der Waals surface area contributed by atoms with E-state index in [9.17, 15) is 0 Å². The van der Waals surface area contributed by atoms with Crippen LogP contribution in [0.3, 0.4) is 0 Å². The minimum atomic E-state index is 0.285. The highest BCUT2D eigenvalue weighted by Crippen LogP contribution is 2.31. The van der Waals surface area contributed by atoms with Gasteiger partial charge < -0.3 is 5.32 Å². The first-order valence-corrected chi connectivity index (χ1v) is 9.00. The molecular weight excluding hydrogens is 377 g/mol. The minimum absolute atomic E-state index is 0.285. The topological polar surface area (TPSA) is 12.0 Å². The average Bonchev–Trinajstić information content (AvgIpc) is 2.85. The van der Waals surface area contributed by atoms with Gasteiger partial charge in [0.1, 0.15) is 0 Å². The Bertz CT molecular complexity index is 571. The Balaban J connectivity index is 2.19. The zero-order valence-electron chi connectivity index (χ0n) is 11.1. The first kappa shape index (κ1) is 16.3. The summed E-state index contributed by atoms with van der Waals surface area (Å²) < 4.78 is 1.16. The van der Waals surface area contributed by atoms with Gasteiger partial charge in [0.2, 0.25) is 0 Å². The number of rotatable bonds is 6. The molecule has 0 amide bonds. The molecule has 2 aromatic rings. The molecule has 5 heteroatoms. The van der Waals surface area contributed by atoms with Gasteiger partial charge in [0, 0.05) is 15.9 Å². The molecule has 0 aliphatic carbocycles. The van der Waals surface area contributed by atoms with Crippen molar-refractivity contribution < 1.29 is 0 Å². The maximum Gasteiger partial charge on any atom is 0.0595 e. The van der Waals surface area contributed by atoms with Crippen molar-refractivity contribution >= 4 is 50.5 Å². The number of thiophene rings is 1. The Morgan fingerprint density at radius 2 is 2.05 bits per heavy atom. The first-order chi connectivity index (χ1) is 9.61. The summed E-state index contributed by atoms with van der Waals surface area (Å²) >= 11 is 17.4. The standard InChI is InChI=1S/C15H16BrCl2NS/c1-2-5-19-15(11-8-20-9-12(11)16)7-10-3-4-13(17)14(18)6-10/h3-4,6,8-9,15,19H,2,5,7H2,1H3. The van der Waals surface area contributed by atoms with E-state index in [1.54, 1.807) is 11.3 Å². The number of nitrogens with one attached hydrogen (secondary N) is 1. The molecule has 0 spiro atoms. The highest BCUT2D eigenvalue weighted by atomic mass is 79.9. The monoisotopic (exact) mass is 391 g/mol. The van der Waals surface area contributed by atoms with Crippen LogP contribution in [0, 0.1) is 0 Å². The van der Waals surface area contributed by atoms with Crippen LogP contribution >= 0.6 is 50.5 Å². The normalized spacial score (nSPS) is 12.6. The number of halogens is 3. The van der Waals surface area contributed by atoms with E-state index in [2.05, 4.69) is 38.9 Å². The van der Waals surface area contributed by atoms with Crippen LogP contribution in [-0.2, 0) is 6.42 Å². The summed E-state index contributed by atoms with van der Waals surface area (Å²) in [6, 6.07) is 6.13. The summed E-state index contributed by atoms with van der Waals surface area (Å²) in [5, 5.41) is 9.12. The van der Waals surface area contributed by atoms with Crippen molar-refractivity contribution in [3.05, 3.63) is 54.6 Å². The van der Waals surface area contributed by atoms with Gasteiger partial charge in [-0.25, -0.2) is 0 Å². The molecule has 1 nitrogen and oxygen atoms in total. The lowest BCUT2D eigenvalue weighted by Gasteiger charge is -2.19. The van der Waals surface area contributed by atoms with Crippen molar-refractivity contribution in [1.29, 1.82) is 0 Å². The van der Waals surface area contributed by atoms with Gasteiger partial charge in [0.05, 0.1) is 10.0 Å². The average molecular weight is 393 g/mol. The fourth-order valence-electron chi connectivity index (χ4n) is 2.05. The quantitative estimate of drug-likeness (QED) is 0.625. The van der Waals surface area contributed by atoms with Crippen molar-refractivity contribution in [2.45, 2.75) is 25.8 Å². The molecule has 20 heavy (non-hydrogen) atoms. The van der Waals surface area contributed by atoms with Crippen LogP contribution in [0.5, 0.6) is 0 Å². The Morgan fingerprint density at radius 3 is 2.65 bits per heavy atom. The van der Waals surface area contributed by atoms with Gasteiger partial charge in [-0.05, 0) is 64.0 Å². The molecule has 0 saturated carbocycles. The van der Waals surface area contributed by atoms with Crippen molar-refractivity contribution in [2.24, 2.45) is 0 Å². The van der Waals surface area contributed by atoms with Crippen LogP contribution in [-0.4, -0.2) is 6.54 Å². The molecule has 1 aromatic carbocycles. The molecular formula is C15H16BrCl2NS. The summed E-state index contributed by atoms with van der Waals surface area (Å²) in [6.07, 6.45) is 2.01. The van der Waals surface area contributed by atoms with Crippen molar-refractivity contribution in [3.63, 3.8) is 0 Å². The van der Waals surface area contributed by atoms with E-state index in [0.29, 0.717) is 10.0 Å². The lowest BCUT2D eigenvalue weighted by atomic mass is 10.0. The molecule has 0 aliphatic heterocycles. The van der Waals surface area contributed by atoms with E-state index < -0.39 is 0 Å². The van der Waals surface area contributed by atoms with Gasteiger partial charge in [0.15, 0.2) is 0 Å². The smallest absolute Gasteiger partial charge is 0.0595 e. The van der Waals surface area contributed by atoms with Crippen LogP contribution in [0.15, 0.2) is 33.4 Å². The zero-order valence-corrected chi connectivity index (χ0v) is 15.0. The Kier molecular flexibility index (Phi) is 6.37.